The average Bonchev–Trinajstić information content (AvgIpc) is 3.18. The predicted octanol–water partition coefficient (Wildman–Crippen LogP) is 10.8. The number of amides is 3. The second-order valence-electron chi connectivity index (χ2n) is 15.9. The molecule has 3 amide bonds. The molecule has 0 rings (SSSR count). The van der Waals surface area contributed by atoms with E-state index >= 15 is 0 Å². The van der Waals surface area contributed by atoms with Gasteiger partial charge in [0.15, 0.2) is 0 Å². The third-order valence-electron chi connectivity index (χ3n) is 10.7. The Bertz CT molecular complexity index is 920. The van der Waals surface area contributed by atoms with E-state index in [2.05, 4.69) is 48.8 Å². The van der Waals surface area contributed by atoms with E-state index in [-0.39, 0.29) is 36.7 Å². The van der Waals surface area contributed by atoms with Gasteiger partial charge in [-0.05, 0) is 83.5 Å². The lowest BCUT2D eigenvalue weighted by molar-refractivity contribution is -0.135. The zero-order valence-corrected chi connectivity index (χ0v) is 36.4. The van der Waals surface area contributed by atoms with E-state index in [1.807, 2.05) is 4.90 Å². The van der Waals surface area contributed by atoms with Crippen molar-refractivity contribution in [2.75, 3.05) is 39.3 Å². The van der Waals surface area contributed by atoms with Crippen LogP contribution >= 0.6 is 0 Å². The molecule has 8 nitrogen and oxygen atoms in total. The molecule has 0 aliphatic carbocycles. The van der Waals surface area contributed by atoms with E-state index in [1.165, 1.54) is 141 Å². The largest absolute Gasteiger partial charge is 0.356 e. The van der Waals surface area contributed by atoms with Crippen LogP contribution in [-0.4, -0.2) is 61.9 Å². The van der Waals surface area contributed by atoms with Crippen LogP contribution in [0.3, 0.4) is 0 Å². The van der Waals surface area contributed by atoms with Crippen molar-refractivity contribution in [3.8, 4) is 0 Å². The number of carbonyl (C=O) groups excluding carboxylic acids is 3. The fourth-order valence-corrected chi connectivity index (χ4v) is 6.93. The van der Waals surface area contributed by atoms with Crippen molar-refractivity contribution in [2.45, 2.75) is 213 Å². The second-order valence-corrected chi connectivity index (χ2v) is 15.9. The van der Waals surface area contributed by atoms with Crippen LogP contribution in [0, 0.1) is 5.92 Å². The monoisotopic (exact) mass is 774 g/mol. The predicted molar refractivity (Wildman–Crippen MR) is 237 cm³/mol. The number of nitrogens with two attached hydrogens (primary N) is 2. The molecule has 0 saturated carbocycles. The molecule has 0 aliphatic rings. The van der Waals surface area contributed by atoms with E-state index in [0.717, 1.165) is 38.5 Å². The average molecular weight is 774 g/mol. The highest BCUT2D eigenvalue weighted by Gasteiger charge is 2.21. The molecule has 0 spiro atoms. The molecule has 0 unspecified atom stereocenters. The normalized spacial score (nSPS) is 11.7. The summed E-state index contributed by atoms with van der Waals surface area (Å²) in [5.74, 6) is -0.191. The number of allylic oxidation sites excluding steroid dienone is 4. The summed E-state index contributed by atoms with van der Waals surface area (Å²) < 4.78 is 0. The van der Waals surface area contributed by atoms with Gasteiger partial charge in [0.25, 0.3) is 0 Å². The lowest BCUT2D eigenvalue weighted by Crippen LogP contribution is -2.44. The lowest BCUT2D eigenvalue weighted by atomic mass is 10.1. The SMILES string of the molecule is CCCCCCCCC=CCCCCCCCC(=O)NCCCCN(CCCNC(=O)CCCCCCCC=CCCCCCCCC)C(=O)C(CN)CN. The molecule has 0 saturated heterocycles. The van der Waals surface area contributed by atoms with E-state index in [1.54, 1.807) is 0 Å². The molecular weight excluding hydrogens is 683 g/mol. The molecular formula is C47H91N5O3. The van der Waals surface area contributed by atoms with Crippen LogP contribution in [0.4, 0.5) is 0 Å². The molecule has 0 aromatic rings. The number of hydrogen-bond acceptors (Lipinski definition) is 5. The van der Waals surface area contributed by atoms with Gasteiger partial charge in [0.2, 0.25) is 17.7 Å². The summed E-state index contributed by atoms with van der Waals surface area (Å²) in [6, 6.07) is 0. The summed E-state index contributed by atoms with van der Waals surface area (Å²) in [6.07, 6.45) is 45.3. The van der Waals surface area contributed by atoms with Gasteiger partial charge in [0, 0.05) is 52.1 Å². The van der Waals surface area contributed by atoms with E-state index in [9.17, 15) is 14.4 Å². The Morgan fingerprint density at radius 1 is 0.455 bits per heavy atom. The van der Waals surface area contributed by atoms with Gasteiger partial charge >= 0.3 is 0 Å². The molecule has 0 bridgehead atoms. The Morgan fingerprint density at radius 2 is 0.800 bits per heavy atom. The van der Waals surface area contributed by atoms with Crippen LogP contribution in [0.5, 0.6) is 0 Å². The number of nitrogens with zero attached hydrogens (tertiary/aromatic N) is 1. The number of rotatable bonds is 42. The fraction of sp³-hybridized carbons (Fsp3) is 0.851. The third-order valence-corrected chi connectivity index (χ3v) is 10.7. The summed E-state index contributed by atoms with van der Waals surface area (Å²) in [5.41, 5.74) is 11.7. The van der Waals surface area contributed by atoms with Crippen molar-refractivity contribution < 1.29 is 14.4 Å². The highest BCUT2D eigenvalue weighted by molar-refractivity contribution is 5.79. The van der Waals surface area contributed by atoms with Gasteiger partial charge in [-0.3, -0.25) is 14.4 Å². The zero-order chi connectivity index (χ0) is 40.3. The highest BCUT2D eigenvalue weighted by atomic mass is 16.2. The molecule has 6 N–H and O–H groups in total. The minimum Gasteiger partial charge on any atom is -0.356 e. The maximum absolute atomic E-state index is 13.1. The molecule has 0 aromatic carbocycles. The summed E-state index contributed by atoms with van der Waals surface area (Å²) in [5, 5.41) is 6.09. The Balaban J connectivity index is 3.96. The van der Waals surface area contributed by atoms with Gasteiger partial charge in [-0.25, -0.2) is 0 Å². The van der Waals surface area contributed by atoms with Crippen LogP contribution in [0.1, 0.15) is 213 Å². The molecule has 0 aliphatic heterocycles. The third kappa shape index (κ3) is 37.2. The highest BCUT2D eigenvalue weighted by Crippen LogP contribution is 2.12. The summed E-state index contributed by atoms with van der Waals surface area (Å²) in [4.78, 5) is 39.7. The van der Waals surface area contributed by atoms with Crippen molar-refractivity contribution in [2.24, 2.45) is 17.4 Å². The van der Waals surface area contributed by atoms with Gasteiger partial charge in [0.1, 0.15) is 0 Å². The van der Waals surface area contributed by atoms with E-state index in [0.29, 0.717) is 45.4 Å². The van der Waals surface area contributed by atoms with Crippen LogP contribution in [0.2, 0.25) is 0 Å². The second kappa shape index (κ2) is 42.9. The molecule has 0 aromatic heterocycles. The standard InChI is InChI=1S/C47H91N5O3/c1-3-5-7-9-11-13-15-17-19-21-23-25-27-29-31-36-45(53)50-38-33-34-40-52(47(55)44(42-48)43-49)41-35-39-51-46(54)37-32-30-28-26-24-22-20-18-16-14-12-10-8-6-4-2/h17-20,44H,3-16,21-43,48-49H2,1-2H3,(H,50,53)(H,51,54). The Labute approximate surface area is 340 Å². The van der Waals surface area contributed by atoms with E-state index < -0.39 is 0 Å². The number of carbonyl (C=O) groups is 3. The van der Waals surface area contributed by atoms with Gasteiger partial charge in [0.05, 0.1) is 5.92 Å². The van der Waals surface area contributed by atoms with Gasteiger partial charge < -0.3 is 27.0 Å². The quantitative estimate of drug-likeness (QED) is 0.0362. The van der Waals surface area contributed by atoms with Crippen molar-refractivity contribution >= 4 is 17.7 Å². The first-order chi connectivity index (χ1) is 27.0. The topological polar surface area (TPSA) is 131 Å². The summed E-state index contributed by atoms with van der Waals surface area (Å²) in [6.45, 7) is 7.32. The number of unbranched alkanes of at least 4 members (excludes halogenated alkanes) is 23. The smallest absolute Gasteiger partial charge is 0.228 e. The first-order valence-electron chi connectivity index (χ1n) is 23.5. The van der Waals surface area contributed by atoms with Crippen molar-refractivity contribution in [3.63, 3.8) is 0 Å². The molecule has 322 valence electrons. The van der Waals surface area contributed by atoms with Gasteiger partial charge in [-0.15, -0.1) is 0 Å². The number of hydrogen-bond donors (Lipinski definition) is 4. The van der Waals surface area contributed by atoms with Gasteiger partial charge in [-0.2, -0.15) is 0 Å². The Morgan fingerprint density at radius 3 is 1.20 bits per heavy atom. The Kier molecular flexibility index (Phi) is 41.2. The van der Waals surface area contributed by atoms with Crippen molar-refractivity contribution in [1.29, 1.82) is 0 Å². The first-order valence-corrected chi connectivity index (χ1v) is 23.5. The molecule has 0 heterocycles. The lowest BCUT2D eigenvalue weighted by Gasteiger charge is -2.26. The Hall–Kier alpha value is -2.19. The first kappa shape index (κ1) is 52.8. The van der Waals surface area contributed by atoms with Crippen LogP contribution in [-0.2, 0) is 14.4 Å². The fourth-order valence-electron chi connectivity index (χ4n) is 6.93. The maximum atomic E-state index is 13.1. The molecule has 8 heteroatoms. The summed E-state index contributed by atoms with van der Waals surface area (Å²) in [7, 11) is 0. The summed E-state index contributed by atoms with van der Waals surface area (Å²) >= 11 is 0. The van der Waals surface area contributed by atoms with Crippen LogP contribution in [0.25, 0.3) is 0 Å². The molecule has 0 atom stereocenters. The zero-order valence-electron chi connectivity index (χ0n) is 36.4. The van der Waals surface area contributed by atoms with Crippen molar-refractivity contribution in [3.05, 3.63) is 24.3 Å². The van der Waals surface area contributed by atoms with E-state index in [4.69, 9.17) is 11.5 Å². The van der Waals surface area contributed by atoms with Crippen LogP contribution < -0.4 is 22.1 Å². The van der Waals surface area contributed by atoms with Gasteiger partial charge in [-0.1, -0.05) is 141 Å². The van der Waals surface area contributed by atoms with Crippen LogP contribution in [0.15, 0.2) is 24.3 Å². The minimum atomic E-state index is -0.387. The van der Waals surface area contributed by atoms with Crippen molar-refractivity contribution in [1.82, 2.24) is 15.5 Å². The molecule has 0 fully saturated rings. The number of nitrogens with one attached hydrogen (secondary N) is 2. The minimum absolute atomic E-state index is 0.0159. The maximum Gasteiger partial charge on any atom is 0.228 e. The molecule has 0 radical (unpaired) electrons. The molecule has 55 heavy (non-hydrogen) atoms.